The fourth-order valence-corrected chi connectivity index (χ4v) is 2.70. The maximum Gasteiger partial charge on any atom is 0.321 e. The van der Waals surface area contributed by atoms with Crippen LogP contribution in [0.1, 0.15) is 10.4 Å². The van der Waals surface area contributed by atoms with Crippen molar-refractivity contribution in [2.45, 2.75) is 0 Å². The van der Waals surface area contributed by atoms with Gasteiger partial charge in [0.2, 0.25) is 0 Å². The van der Waals surface area contributed by atoms with E-state index in [4.69, 9.17) is 4.74 Å². The molecule has 142 valence electrons. The highest BCUT2D eigenvalue weighted by Crippen LogP contribution is 2.22. The summed E-state index contributed by atoms with van der Waals surface area (Å²) in [7, 11) is 0. The van der Waals surface area contributed by atoms with Crippen molar-refractivity contribution in [2.75, 3.05) is 5.32 Å². The Morgan fingerprint density at radius 1 is 0.828 bits per heavy atom. The van der Waals surface area contributed by atoms with Crippen LogP contribution >= 0.6 is 0 Å². The second kappa shape index (κ2) is 8.31. The first-order valence-corrected chi connectivity index (χ1v) is 8.90. The highest BCUT2D eigenvalue weighted by atomic mass is 19.1. The number of aromatic nitrogens is 2. The summed E-state index contributed by atoms with van der Waals surface area (Å²) in [6.07, 6.45) is 3.32. The van der Waals surface area contributed by atoms with Crippen LogP contribution in [-0.2, 0) is 0 Å². The Morgan fingerprint density at radius 2 is 1.55 bits per heavy atom. The predicted molar refractivity (Wildman–Crippen MR) is 108 cm³/mol. The Morgan fingerprint density at radius 3 is 2.24 bits per heavy atom. The van der Waals surface area contributed by atoms with Gasteiger partial charge in [0.05, 0.1) is 0 Å². The van der Waals surface area contributed by atoms with E-state index >= 15 is 0 Å². The molecule has 4 aromatic rings. The molecule has 0 aliphatic heterocycles. The van der Waals surface area contributed by atoms with E-state index in [9.17, 15) is 9.18 Å². The number of hydrogen-bond donors (Lipinski definition) is 1. The number of rotatable bonds is 5. The maximum atomic E-state index is 13.2. The molecule has 0 aliphatic carbocycles. The molecule has 4 rings (SSSR count). The first kappa shape index (κ1) is 18.3. The molecule has 0 saturated heterocycles. The molecule has 5 nitrogen and oxygen atoms in total. The number of nitrogens with one attached hydrogen (secondary N) is 1. The van der Waals surface area contributed by atoms with E-state index in [-0.39, 0.29) is 11.9 Å². The molecular weight excluding hydrogens is 369 g/mol. The average Bonchev–Trinajstić information content (AvgIpc) is 2.75. The molecule has 3 aromatic carbocycles. The van der Waals surface area contributed by atoms with Crippen LogP contribution in [-0.4, -0.2) is 15.9 Å². The van der Waals surface area contributed by atoms with Crippen LogP contribution in [0.5, 0.6) is 11.8 Å². The molecule has 0 spiro atoms. The minimum atomic E-state index is -0.405. The number of carbonyl (C=O) groups excluding carboxylic acids is 1. The van der Waals surface area contributed by atoms with E-state index in [0.29, 0.717) is 17.0 Å². The standard InChI is InChI=1S/C23H16FN3O2/c24-19-5-4-6-20(13-19)27-22(28)17-11-9-16(10-12-17)18-14-25-23(26-15-18)29-21-7-2-1-3-8-21/h1-15H,(H,27,28). The summed E-state index contributed by atoms with van der Waals surface area (Å²) in [6, 6.07) is 22.3. The topological polar surface area (TPSA) is 64.1 Å². The Kier molecular flexibility index (Phi) is 5.25. The second-order valence-corrected chi connectivity index (χ2v) is 6.21. The molecule has 1 aromatic heterocycles. The number of carbonyl (C=O) groups is 1. The molecule has 0 fully saturated rings. The van der Waals surface area contributed by atoms with Crippen molar-refractivity contribution in [3.05, 3.63) is 103 Å². The fraction of sp³-hybridized carbons (Fsp3) is 0. The van der Waals surface area contributed by atoms with Crippen LogP contribution in [0.4, 0.5) is 10.1 Å². The van der Waals surface area contributed by atoms with Crippen molar-refractivity contribution in [3.8, 4) is 22.9 Å². The number of halogens is 1. The summed E-state index contributed by atoms with van der Waals surface area (Å²) in [4.78, 5) is 20.8. The van der Waals surface area contributed by atoms with Crippen LogP contribution < -0.4 is 10.1 Å². The molecule has 1 heterocycles. The molecule has 0 unspecified atom stereocenters. The van der Waals surface area contributed by atoms with Crippen molar-refractivity contribution in [2.24, 2.45) is 0 Å². The van der Waals surface area contributed by atoms with Gasteiger partial charge < -0.3 is 10.1 Å². The van der Waals surface area contributed by atoms with Gasteiger partial charge in [-0.25, -0.2) is 14.4 Å². The average molecular weight is 385 g/mol. The van der Waals surface area contributed by atoms with Gasteiger partial charge >= 0.3 is 6.01 Å². The molecule has 1 amide bonds. The Hall–Kier alpha value is -4.06. The van der Waals surface area contributed by atoms with Gasteiger partial charge in [-0.1, -0.05) is 36.4 Å². The van der Waals surface area contributed by atoms with Crippen molar-refractivity contribution in [1.29, 1.82) is 0 Å². The molecule has 0 atom stereocenters. The third-order valence-corrected chi connectivity index (χ3v) is 4.14. The lowest BCUT2D eigenvalue weighted by atomic mass is 10.1. The minimum absolute atomic E-state index is 0.256. The molecule has 0 saturated carbocycles. The van der Waals surface area contributed by atoms with Gasteiger partial charge in [0.15, 0.2) is 0 Å². The lowest BCUT2D eigenvalue weighted by molar-refractivity contribution is 0.102. The van der Waals surface area contributed by atoms with Crippen molar-refractivity contribution in [3.63, 3.8) is 0 Å². The monoisotopic (exact) mass is 385 g/mol. The number of amides is 1. The van der Waals surface area contributed by atoms with Gasteiger partial charge in [-0.05, 0) is 48.0 Å². The number of nitrogens with zero attached hydrogens (tertiary/aromatic N) is 2. The first-order valence-electron chi connectivity index (χ1n) is 8.90. The molecule has 1 N–H and O–H groups in total. The summed E-state index contributed by atoms with van der Waals surface area (Å²) < 4.78 is 18.8. The summed E-state index contributed by atoms with van der Waals surface area (Å²) in [5.41, 5.74) is 2.52. The molecule has 29 heavy (non-hydrogen) atoms. The summed E-state index contributed by atoms with van der Waals surface area (Å²) >= 11 is 0. The number of benzene rings is 3. The largest absolute Gasteiger partial charge is 0.424 e. The maximum absolute atomic E-state index is 13.2. The highest BCUT2D eigenvalue weighted by molar-refractivity contribution is 6.04. The Labute approximate surface area is 166 Å². The predicted octanol–water partition coefficient (Wildman–Crippen LogP) is 5.33. The smallest absolute Gasteiger partial charge is 0.321 e. The fourth-order valence-electron chi connectivity index (χ4n) is 2.70. The second-order valence-electron chi connectivity index (χ2n) is 6.21. The first-order chi connectivity index (χ1) is 14.2. The SMILES string of the molecule is O=C(Nc1cccc(F)c1)c1ccc(-c2cnc(Oc3ccccc3)nc2)cc1. The van der Waals surface area contributed by atoms with Gasteiger partial charge in [-0.2, -0.15) is 0 Å². The summed E-state index contributed by atoms with van der Waals surface area (Å²) in [5.74, 6) is -0.0586. The van der Waals surface area contributed by atoms with E-state index < -0.39 is 5.82 Å². The number of ether oxygens (including phenoxy) is 1. The van der Waals surface area contributed by atoms with E-state index in [1.807, 2.05) is 30.3 Å². The lowest BCUT2D eigenvalue weighted by Gasteiger charge is -2.07. The third kappa shape index (κ3) is 4.62. The molecule has 0 bridgehead atoms. The number of hydrogen-bond acceptors (Lipinski definition) is 4. The zero-order valence-corrected chi connectivity index (χ0v) is 15.2. The lowest BCUT2D eigenvalue weighted by Crippen LogP contribution is -2.11. The van der Waals surface area contributed by atoms with Crippen LogP contribution in [0.2, 0.25) is 0 Å². The zero-order valence-electron chi connectivity index (χ0n) is 15.2. The van der Waals surface area contributed by atoms with Crippen molar-refractivity contribution in [1.82, 2.24) is 9.97 Å². The van der Waals surface area contributed by atoms with Crippen molar-refractivity contribution < 1.29 is 13.9 Å². The van der Waals surface area contributed by atoms with Crippen LogP contribution in [0.15, 0.2) is 91.3 Å². The Bertz CT molecular complexity index is 1110. The van der Waals surface area contributed by atoms with Crippen LogP contribution in [0, 0.1) is 5.82 Å². The van der Waals surface area contributed by atoms with E-state index in [2.05, 4.69) is 15.3 Å². The van der Waals surface area contributed by atoms with Gasteiger partial charge in [-0.3, -0.25) is 4.79 Å². The summed E-state index contributed by atoms with van der Waals surface area (Å²) in [6.45, 7) is 0. The molecule has 6 heteroatoms. The zero-order chi connectivity index (χ0) is 20.1. The minimum Gasteiger partial charge on any atom is -0.424 e. The van der Waals surface area contributed by atoms with Gasteiger partial charge in [-0.15, -0.1) is 0 Å². The van der Waals surface area contributed by atoms with Gasteiger partial charge in [0.25, 0.3) is 5.91 Å². The highest BCUT2D eigenvalue weighted by Gasteiger charge is 2.08. The van der Waals surface area contributed by atoms with E-state index in [1.165, 1.54) is 12.1 Å². The molecule has 0 radical (unpaired) electrons. The Balaban J connectivity index is 1.44. The van der Waals surface area contributed by atoms with Gasteiger partial charge in [0, 0.05) is 29.2 Å². The molecular formula is C23H16FN3O2. The summed E-state index contributed by atoms with van der Waals surface area (Å²) in [5, 5.41) is 2.67. The van der Waals surface area contributed by atoms with Crippen LogP contribution in [0.25, 0.3) is 11.1 Å². The normalized spacial score (nSPS) is 10.4. The quantitative estimate of drug-likeness (QED) is 0.504. The van der Waals surface area contributed by atoms with E-state index in [1.54, 1.807) is 48.8 Å². The van der Waals surface area contributed by atoms with Crippen molar-refractivity contribution >= 4 is 11.6 Å². The molecule has 0 aliphatic rings. The third-order valence-electron chi connectivity index (χ3n) is 4.14. The number of para-hydroxylation sites is 1. The van der Waals surface area contributed by atoms with E-state index in [0.717, 1.165) is 11.1 Å². The van der Waals surface area contributed by atoms with Crippen LogP contribution in [0.3, 0.4) is 0 Å². The number of anilines is 1. The van der Waals surface area contributed by atoms with Gasteiger partial charge in [0.1, 0.15) is 11.6 Å².